The van der Waals surface area contributed by atoms with Crippen molar-refractivity contribution in [2.75, 3.05) is 27.2 Å². The first-order valence-electron chi connectivity index (χ1n) is 7.67. The first-order chi connectivity index (χ1) is 11.1. The molecular formula is C17H24ClN3O2S. The van der Waals surface area contributed by atoms with Gasteiger partial charge in [-0.1, -0.05) is 12.1 Å². The van der Waals surface area contributed by atoms with Crippen LogP contribution in [0.5, 0.6) is 5.75 Å². The zero-order valence-corrected chi connectivity index (χ0v) is 15.7. The molecular weight excluding hydrogens is 346 g/mol. The SMILES string of the molecule is COc1ccc(CCCN(C)C(=O)c2csc(CCN)n2)cc1.Cl. The lowest BCUT2D eigenvalue weighted by Gasteiger charge is -2.15. The van der Waals surface area contributed by atoms with E-state index in [1.54, 1.807) is 12.0 Å². The van der Waals surface area contributed by atoms with Crippen LogP contribution in [0.25, 0.3) is 0 Å². The normalized spacial score (nSPS) is 10.1. The number of aryl methyl sites for hydroxylation is 1. The molecule has 1 amide bonds. The van der Waals surface area contributed by atoms with Crippen LogP contribution in [0.15, 0.2) is 29.6 Å². The van der Waals surface area contributed by atoms with E-state index in [9.17, 15) is 4.79 Å². The van der Waals surface area contributed by atoms with Gasteiger partial charge >= 0.3 is 0 Å². The summed E-state index contributed by atoms with van der Waals surface area (Å²) < 4.78 is 5.14. The van der Waals surface area contributed by atoms with E-state index in [0.29, 0.717) is 18.8 Å². The van der Waals surface area contributed by atoms with Gasteiger partial charge in [-0.25, -0.2) is 4.98 Å². The lowest BCUT2D eigenvalue weighted by molar-refractivity contribution is 0.0788. The second-order valence-electron chi connectivity index (χ2n) is 5.34. The fourth-order valence-corrected chi connectivity index (χ4v) is 3.05. The molecule has 0 aliphatic rings. The lowest BCUT2D eigenvalue weighted by Crippen LogP contribution is -2.28. The molecule has 1 heterocycles. The van der Waals surface area contributed by atoms with Gasteiger partial charge < -0.3 is 15.4 Å². The molecule has 0 atom stereocenters. The first kappa shape index (κ1) is 20.4. The molecule has 5 nitrogen and oxygen atoms in total. The molecule has 0 fully saturated rings. The summed E-state index contributed by atoms with van der Waals surface area (Å²) >= 11 is 1.49. The van der Waals surface area contributed by atoms with Gasteiger partial charge in [-0.05, 0) is 37.1 Å². The highest BCUT2D eigenvalue weighted by molar-refractivity contribution is 7.09. The summed E-state index contributed by atoms with van der Waals surface area (Å²) in [5, 5.41) is 2.73. The van der Waals surface area contributed by atoms with Crippen molar-refractivity contribution in [2.45, 2.75) is 19.3 Å². The molecule has 2 N–H and O–H groups in total. The predicted molar refractivity (Wildman–Crippen MR) is 100 cm³/mol. The minimum atomic E-state index is -0.0285. The quantitative estimate of drug-likeness (QED) is 0.776. The molecule has 0 spiro atoms. The van der Waals surface area contributed by atoms with Crippen LogP contribution in [0.1, 0.15) is 27.5 Å². The third kappa shape index (κ3) is 5.78. The van der Waals surface area contributed by atoms with Gasteiger partial charge in [-0.3, -0.25) is 4.79 Å². The van der Waals surface area contributed by atoms with Gasteiger partial charge in [-0.15, -0.1) is 23.7 Å². The summed E-state index contributed by atoms with van der Waals surface area (Å²) in [4.78, 5) is 18.4. The number of ether oxygens (including phenoxy) is 1. The minimum absolute atomic E-state index is 0. The number of carbonyl (C=O) groups is 1. The van der Waals surface area contributed by atoms with E-state index in [0.717, 1.165) is 30.0 Å². The Morgan fingerprint density at radius 3 is 2.62 bits per heavy atom. The van der Waals surface area contributed by atoms with E-state index in [-0.39, 0.29) is 18.3 Å². The van der Waals surface area contributed by atoms with Crippen LogP contribution in [-0.2, 0) is 12.8 Å². The highest BCUT2D eigenvalue weighted by atomic mass is 35.5. The lowest BCUT2D eigenvalue weighted by atomic mass is 10.1. The maximum absolute atomic E-state index is 12.3. The standard InChI is InChI=1S/C17H23N3O2S.ClH/c1-20(17(21)15-12-23-16(19-15)9-10-18)11-3-4-13-5-7-14(22-2)8-6-13;/h5-8,12H,3-4,9-11,18H2,1-2H3;1H. The topological polar surface area (TPSA) is 68.5 Å². The van der Waals surface area contributed by atoms with Crippen LogP contribution >= 0.6 is 23.7 Å². The molecule has 2 aromatic rings. The number of aromatic nitrogens is 1. The summed E-state index contributed by atoms with van der Waals surface area (Å²) in [6.45, 7) is 1.26. The third-order valence-corrected chi connectivity index (χ3v) is 4.50. The van der Waals surface area contributed by atoms with E-state index in [1.165, 1.54) is 16.9 Å². The van der Waals surface area contributed by atoms with Crippen LogP contribution in [0, 0.1) is 0 Å². The molecule has 7 heteroatoms. The predicted octanol–water partition coefficient (Wildman–Crippen LogP) is 2.78. The first-order valence-corrected chi connectivity index (χ1v) is 8.55. The van der Waals surface area contributed by atoms with Crippen molar-refractivity contribution in [1.29, 1.82) is 0 Å². The van der Waals surface area contributed by atoms with Crippen LogP contribution in [0.4, 0.5) is 0 Å². The number of rotatable bonds is 8. The van der Waals surface area contributed by atoms with Crippen molar-refractivity contribution in [3.8, 4) is 5.75 Å². The molecule has 0 aliphatic carbocycles. The third-order valence-electron chi connectivity index (χ3n) is 3.59. The molecule has 0 bridgehead atoms. The van der Waals surface area contributed by atoms with Gasteiger partial charge in [0.05, 0.1) is 12.1 Å². The van der Waals surface area contributed by atoms with Crippen LogP contribution < -0.4 is 10.5 Å². The van der Waals surface area contributed by atoms with Gasteiger partial charge in [0.1, 0.15) is 11.4 Å². The maximum atomic E-state index is 12.3. The van der Waals surface area contributed by atoms with E-state index in [4.69, 9.17) is 10.5 Å². The Hall–Kier alpha value is -1.63. The smallest absolute Gasteiger partial charge is 0.273 e. The monoisotopic (exact) mass is 369 g/mol. The van der Waals surface area contributed by atoms with Crippen molar-refractivity contribution in [3.05, 3.63) is 45.9 Å². The van der Waals surface area contributed by atoms with Crippen LogP contribution in [0.3, 0.4) is 0 Å². The molecule has 24 heavy (non-hydrogen) atoms. The highest BCUT2D eigenvalue weighted by Gasteiger charge is 2.15. The summed E-state index contributed by atoms with van der Waals surface area (Å²) in [5.41, 5.74) is 7.27. The largest absolute Gasteiger partial charge is 0.497 e. The summed E-state index contributed by atoms with van der Waals surface area (Å²) in [6, 6.07) is 8.03. The van der Waals surface area contributed by atoms with E-state index in [2.05, 4.69) is 17.1 Å². The average Bonchev–Trinajstić information content (AvgIpc) is 3.03. The van der Waals surface area contributed by atoms with E-state index < -0.39 is 0 Å². The summed E-state index contributed by atoms with van der Waals surface area (Å²) in [6.07, 6.45) is 2.56. The fraction of sp³-hybridized carbons (Fsp3) is 0.412. The zero-order chi connectivity index (χ0) is 16.7. The number of nitrogens with zero attached hydrogens (tertiary/aromatic N) is 2. The molecule has 1 aromatic carbocycles. The van der Waals surface area contributed by atoms with Crippen molar-refractivity contribution in [1.82, 2.24) is 9.88 Å². The number of nitrogens with two attached hydrogens (primary N) is 1. The maximum Gasteiger partial charge on any atom is 0.273 e. The van der Waals surface area contributed by atoms with Gasteiger partial charge in [0.25, 0.3) is 5.91 Å². The van der Waals surface area contributed by atoms with Crippen molar-refractivity contribution < 1.29 is 9.53 Å². The number of hydrogen-bond acceptors (Lipinski definition) is 5. The molecule has 1 aromatic heterocycles. The molecule has 0 radical (unpaired) electrons. The van der Waals surface area contributed by atoms with Crippen molar-refractivity contribution >= 4 is 29.7 Å². The van der Waals surface area contributed by atoms with Gasteiger partial charge in [0, 0.05) is 25.4 Å². The molecule has 0 saturated carbocycles. The van der Waals surface area contributed by atoms with Crippen molar-refractivity contribution in [2.24, 2.45) is 5.73 Å². The minimum Gasteiger partial charge on any atom is -0.497 e. The van der Waals surface area contributed by atoms with E-state index >= 15 is 0 Å². The number of methoxy groups -OCH3 is 1. The number of halogens is 1. The average molecular weight is 370 g/mol. The van der Waals surface area contributed by atoms with Gasteiger partial charge in [-0.2, -0.15) is 0 Å². The number of amides is 1. The summed E-state index contributed by atoms with van der Waals surface area (Å²) in [5.74, 6) is 0.831. The Morgan fingerprint density at radius 2 is 2.00 bits per heavy atom. The zero-order valence-electron chi connectivity index (χ0n) is 14.0. The molecule has 0 unspecified atom stereocenters. The second-order valence-corrected chi connectivity index (χ2v) is 6.29. The van der Waals surface area contributed by atoms with Gasteiger partial charge in [0.15, 0.2) is 0 Å². The molecule has 2 rings (SSSR count). The van der Waals surface area contributed by atoms with Gasteiger partial charge in [0.2, 0.25) is 0 Å². The van der Waals surface area contributed by atoms with E-state index in [1.807, 2.05) is 24.6 Å². The Labute approximate surface area is 153 Å². The Balaban J connectivity index is 0.00000288. The Bertz CT molecular complexity index is 631. The Kier molecular flexibility index (Phi) is 8.74. The van der Waals surface area contributed by atoms with Crippen molar-refractivity contribution in [3.63, 3.8) is 0 Å². The second kappa shape index (κ2) is 10.3. The Morgan fingerprint density at radius 1 is 1.29 bits per heavy atom. The number of hydrogen-bond donors (Lipinski definition) is 1. The highest BCUT2D eigenvalue weighted by Crippen LogP contribution is 2.14. The molecule has 0 aliphatic heterocycles. The molecule has 132 valence electrons. The number of thiazole rings is 1. The fourth-order valence-electron chi connectivity index (χ4n) is 2.26. The summed E-state index contributed by atoms with van der Waals surface area (Å²) in [7, 11) is 3.48. The number of benzene rings is 1. The number of carbonyl (C=O) groups excluding carboxylic acids is 1. The van der Waals surface area contributed by atoms with Crippen LogP contribution in [0.2, 0.25) is 0 Å². The van der Waals surface area contributed by atoms with Crippen LogP contribution in [-0.4, -0.2) is 43.0 Å². The molecule has 0 saturated heterocycles.